The maximum absolute atomic E-state index is 12.5. The van der Waals surface area contributed by atoms with Crippen LogP contribution in [0.5, 0.6) is 5.75 Å². The lowest BCUT2D eigenvalue weighted by molar-refractivity contribution is -0.137. The number of hydrazine groups is 1. The van der Waals surface area contributed by atoms with E-state index in [0.29, 0.717) is 5.75 Å². The van der Waals surface area contributed by atoms with Gasteiger partial charge in [0.1, 0.15) is 5.75 Å². The number of carbonyl (C=O) groups is 3. The molecule has 0 fully saturated rings. The Morgan fingerprint density at radius 3 is 1.96 bits per heavy atom. The third kappa shape index (κ3) is 2.74. The first-order valence-electron chi connectivity index (χ1n) is 7.43. The maximum Gasteiger partial charge on any atom is 0.282 e. The van der Waals surface area contributed by atoms with Crippen LogP contribution in [0.2, 0.25) is 0 Å². The second-order valence-corrected chi connectivity index (χ2v) is 5.86. The van der Waals surface area contributed by atoms with Gasteiger partial charge in [0.2, 0.25) is 0 Å². The molecule has 0 unspecified atom stereocenters. The zero-order valence-corrected chi connectivity index (χ0v) is 13.3. The SMILES string of the molecule is CC(C)(Oc1ccccc1)C(=O)NN1C(=O)c2ccccc2C1=O. The van der Waals surface area contributed by atoms with Crippen molar-refractivity contribution < 1.29 is 19.1 Å². The fourth-order valence-corrected chi connectivity index (χ4v) is 2.36. The number of carbonyl (C=O) groups excluding carboxylic acids is 3. The van der Waals surface area contributed by atoms with Gasteiger partial charge in [-0.05, 0) is 38.1 Å². The van der Waals surface area contributed by atoms with Crippen LogP contribution in [-0.2, 0) is 4.79 Å². The molecule has 1 N–H and O–H groups in total. The molecular formula is C18H16N2O4. The summed E-state index contributed by atoms with van der Waals surface area (Å²) in [5.74, 6) is -1.19. The largest absolute Gasteiger partial charge is 0.478 e. The standard InChI is InChI=1S/C18H16N2O4/c1-18(2,24-12-8-4-3-5-9-12)17(23)19-20-15(21)13-10-6-7-11-14(13)16(20)22/h3-11H,1-2H3,(H,19,23). The smallest absolute Gasteiger partial charge is 0.282 e. The number of amides is 3. The first-order chi connectivity index (χ1) is 11.4. The number of hydrogen-bond acceptors (Lipinski definition) is 4. The number of nitrogens with one attached hydrogen (secondary N) is 1. The van der Waals surface area contributed by atoms with Gasteiger partial charge in [-0.3, -0.25) is 19.8 Å². The van der Waals surface area contributed by atoms with Crippen molar-refractivity contribution in [3.8, 4) is 5.75 Å². The minimum atomic E-state index is -1.27. The Labute approximate surface area is 139 Å². The van der Waals surface area contributed by atoms with Crippen LogP contribution in [0.1, 0.15) is 34.6 Å². The highest BCUT2D eigenvalue weighted by molar-refractivity contribution is 6.21. The van der Waals surface area contributed by atoms with Crippen LogP contribution in [0.15, 0.2) is 54.6 Å². The van der Waals surface area contributed by atoms with Crippen molar-refractivity contribution in [2.24, 2.45) is 0 Å². The number of hydrogen-bond donors (Lipinski definition) is 1. The number of nitrogens with zero attached hydrogens (tertiary/aromatic N) is 1. The van der Waals surface area contributed by atoms with Gasteiger partial charge in [0.15, 0.2) is 5.60 Å². The Hall–Kier alpha value is -3.15. The second-order valence-electron chi connectivity index (χ2n) is 5.86. The molecule has 1 aliphatic rings. The van der Waals surface area contributed by atoms with Crippen molar-refractivity contribution in [3.05, 3.63) is 65.7 Å². The van der Waals surface area contributed by atoms with Crippen molar-refractivity contribution in [3.63, 3.8) is 0 Å². The van der Waals surface area contributed by atoms with E-state index in [1.54, 1.807) is 62.4 Å². The first kappa shape index (κ1) is 15.7. The molecule has 2 aromatic carbocycles. The van der Waals surface area contributed by atoms with Crippen molar-refractivity contribution in [1.82, 2.24) is 10.4 Å². The van der Waals surface area contributed by atoms with Gasteiger partial charge in [0.25, 0.3) is 17.7 Å². The molecule has 0 aliphatic carbocycles. The van der Waals surface area contributed by atoms with Crippen molar-refractivity contribution >= 4 is 17.7 Å². The summed E-state index contributed by atoms with van der Waals surface area (Å²) < 4.78 is 5.66. The van der Waals surface area contributed by atoms with Crippen LogP contribution in [0.25, 0.3) is 0 Å². The zero-order chi connectivity index (χ0) is 17.3. The molecule has 24 heavy (non-hydrogen) atoms. The van der Waals surface area contributed by atoms with E-state index in [0.717, 1.165) is 5.01 Å². The topological polar surface area (TPSA) is 75.7 Å². The number of benzene rings is 2. The van der Waals surface area contributed by atoms with Gasteiger partial charge in [-0.15, -0.1) is 0 Å². The van der Waals surface area contributed by atoms with E-state index < -0.39 is 23.3 Å². The third-order valence-electron chi connectivity index (χ3n) is 3.67. The molecule has 2 aromatic rings. The molecule has 6 nitrogen and oxygen atoms in total. The molecule has 1 aliphatic heterocycles. The highest BCUT2D eigenvalue weighted by Gasteiger charge is 2.40. The summed E-state index contributed by atoms with van der Waals surface area (Å²) >= 11 is 0. The van der Waals surface area contributed by atoms with Crippen molar-refractivity contribution in [1.29, 1.82) is 0 Å². The highest BCUT2D eigenvalue weighted by Crippen LogP contribution is 2.22. The molecule has 6 heteroatoms. The number of fused-ring (bicyclic) bond motifs is 1. The number of para-hydroxylation sites is 1. The molecule has 0 bridgehead atoms. The quantitative estimate of drug-likeness (QED) is 0.875. The zero-order valence-electron chi connectivity index (χ0n) is 13.3. The molecule has 0 atom stereocenters. The predicted octanol–water partition coefficient (Wildman–Crippen LogP) is 2.17. The van der Waals surface area contributed by atoms with Gasteiger partial charge in [-0.25, -0.2) is 0 Å². The summed E-state index contributed by atoms with van der Waals surface area (Å²) in [6.45, 7) is 3.13. The van der Waals surface area contributed by atoms with Gasteiger partial charge in [0.05, 0.1) is 11.1 Å². The maximum atomic E-state index is 12.5. The van der Waals surface area contributed by atoms with Crippen LogP contribution >= 0.6 is 0 Å². The monoisotopic (exact) mass is 324 g/mol. The van der Waals surface area contributed by atoms with E-state index in [1.807, 2.05) is 6.07 Å². The minimum absolute atomic E-state index is 0.268. The van der Waals surface area contributed by atoms with Crippen molar-refractivity contribution in [2.45, 2.75) is 19.4 Å². The molecule has 0 spiro atoms. The molecule has 3 amide bonds. The average Bonchev–Trinajstić information content (AvgIpc) is 2.81. The summed E-state index contributed by atoms with van der Waals surface area (Å²) in [5, 5.41) is 0.725. The average molecular weight is 324 g/mol. The molecule has 3 rings (SSSR count). The number of rotatable bonds is 4. The second kappa shape index (κ2) is 5.81. The molecule has 122 valence electrons. The highest BCUT2D eigenvalue weighted by atomic mass is 16.5. The molecule has 1 heterocycles. The number of ether oxygens (including phenoxy) is 1. The van der Waals surface area contributed by atoms with E-state index >= 15 is 0 Å². The van der Waals surface area contributed by atoms with Crippen LogP contribution in [0.3, 0.4) is 0 Å². The number of imide groups is 1. The Bertz CT molecular complexity index is 780. The lowest BCUT2D eigenvalue weighted by atomic mass is 10.1. The fraction of sp³-hybridized carbons (Fsp3) is 0.167. The van der Waals surface area contributed by atoms with Crippen LogP contribution in [-0.4, -0.2) is 28.3 Å². The van der Waals surface area contributed by atoms with Gasteiger partial charge < -0.3 is 4.74 Å². The molecule has 0 saturated heterocycles. The summed E-state index contributed by atoms with van der Waals surface area (Å²) in [6.07, 6.45) is 0. The molecule has 0 radical (unpaired) electrons. The molecular weight excluding hydrogens is 308 g/mol. The van der Waals surface area contributed by atoms with Gasteiger partial charge in [-0.2, -0.15) is 5.01 Å². The molecule has 0 saturated carbocycles. The third-order valence-corrected chi connectivity index (χ3v) is 3.67. The van der Waals surface area contributed by atoms with E-state index in [-0.39, 0.29) is 11.1 Å². The van der Waals surface area contributed by atoms with Gasteiger partial charge in [0, 0.05) is 0 Å². The lowest BCUT2D eigenvalue weighted by Gasteiger charge is -2.27. The Morgan fingerprint density at radius 1 is 0.917 bits per heavy atom. The van der Waals surface area contributed by atoms with Crippen LogP contribution in [0, 0.1) is 0 Å². The minimum Gasteiger partial charge on any atom is -0.478 e. The lowest BCUT2D eigenvalue weighted by Crippen LogP contribution is -2.55. The van der Waals surface area contributed by atoms with E-state index in [4.69, 9.17) is 4.74 Å². The summed E-state index contributed by atoms with van der Waals surface area (Å²) in [6, 6.07) is 15.3. The Morgan fingerprint density at radius 2 is 1.42 bits per heavy atom. The van der Waals surface area contributed by atoms with Gasteiger partial charge in [-0.1, -0.05) is 30.3 Å². The predicted molar refractivity (Wildman–Crippen MR) is 86.2 cm³/mol. The summed E-state index contributed by atoms with van der Waals surface area (Å²) in [4.78, 5) is 37.0. The summed E-state index contributed by atoms with van der Waals surface area (Å²) in [5.41, 5.74) is 1.63. The van der Waals surface area contributed by atoms with E-state index in [1.165, 1.54) is 0 Å². The van der Waals surface area contributed by atoms with Crippen molar-refractivity contribution in [2.75, 3.05) is 0 Å². The first-order valence-corrected chi connectivity index (χ1v) is 7.43. The fourth-order valence-electron chi connectivity index (χ4n) is 2.36. The van der Waals surface area contributed by atoms with Gasteiger partial charge >= 0.3 is 0 Å². The Kier molecular flexibility index (Phi) is 3.81. The van der Waals surface area contributed by atoms with E-state index in [2.05, 4.69) is 5.43 Å². The van der Waals surface area contributed by atoms with E-state index in [9.17, 15) is 14.4 Å². The Balaban J connectivity index is 1.75. The summed E-state index contributed by atoms with van der Waals surface area (Å²) in [7, 11) is 0. The molecule has 0 aromatic heterocycles. The van der Waals surface area contributed by atoms with Crippen LogP contribution in [0.4, 0.5) is 0 Å². The van der Waals surface area contributed by atoms with Crippen LogP contribution < -0.4 is 10.2 Å². The normalized spacial score (nSPS) is 13.7.